The molecule has 0 fully saturated rings. The molecule has 3 aromatic carbocycles. The Morgan fingerprint density at radius 1 is 0.967 bits per heavy atom. The van der Waals surface area contributed by atoms with E-state index in [2.05, 4.69) is 34.6 Å². The number of carboxylic acids is 1. The molecule has 1 aromatic heterocycles. The Hall–Kier alpha value is -4.06. The predicted octanol–water partition coefficient (Wildman–Crippen LogP) is 5.23. The van der Waals surface area contributed by atoms with Crippen LogP contribution in [0, 0.1) is 0 Å². The number of rotatable bonds is 4. The molecule has 30 heavy (non-hydrogen) atoms. The molecule has 0 radical (unpaired) electrons. The number of nitrogens with one attached hydrogen (secondary N) is 2. The number of anilines is 1. The van der Waals surface area contributed by atoms with Gasteiger partial charge in [-0.1, -0.05) is 48.5 Å². The van der Waals surface area contributed by atoms with Gasteiger partial charge in [0.05, 0.1) is 5.56 Å². The molecule has 0 atom stereocenters. The molecule has 0 unspecified atom stereocenters. The first-order valence-corrected chi connectivity index (χ1v) is 9.58. The zero-order valence-electron chi connectivity index (χ0n) is 15.9. The van der Waals surface area contributed by atoms with E-state index in [1.807, 2.05) is 24.3 Å². The lowest BCUT2D eigenvalue weighted by Gasteiger charge is -2.15. The van der Waals surface area contributed by atoms with Crippen LogP contribution in [0.15, 0.2) is 72.9 Å². The number of fused-ring (bicyclic) bond motifs is 4. The lowest BCUT2D eigenvalue weighted by Crippen LogP contribution is -2.18. The number of carboxylic acid groups (broad SMARTS) is 1. The fraction of sp³-hybridized carbons (Fsp3) is 0.0833. The summed E-state index contributed by atoms with van der Waals surface area (Å²) >= 11 is 0. The normalized spacial score (nSPS) is 12.4. The first-order valence-electron chi connectivity index (χ1n) is 9.58. The highest BCUT2D eigenvalue weighted by Crippen LogP contribution is 2.44. The van der Waals surface area contributed by atoms with E-state index in [1.165, 1.54) is 6.07 Å². The zero-order valence-corrected chi connectivity index (χ0v) is 15.9. The SMILES string of the molecule is O=C(Nc1cc(C(=O)O)c2cc[nH]c2c1)OCC1c2ccccc2-c2ccccc21. The molecule has 0 saturated heterocycles. The van der Waals surface area contributed by atoms with Gasteiger partial charge in [0, 0.05) is 28.7 Å². The van der Waals surface area contributed by atoms with Crippen molar-refractivity contribution in [3.8, 4) is 11.1 Å². The fourth-order valence-corrected chi connectivity index (χ4v) is 4.17. The molecular formula is C24H18N2O4. The molecule has 3 N–H and O–H groups in total. The van der Waals surface area contributed by atoms with Crippen molar-refractivity contribution in [3.05, 3.63) is 89.6 Å². The number of amides is 1. The van der Waals surface area contributed by atoms with Crippen molar-refractivity contribution in [2.24, 2.45) is 0 Å². The molecule has 0 aliphatic heterocycles. The van der Waals surface area contributed by atoms with Gasteiger partial charge >= 0.3 is 12.1 Å². The van der Waals surface area contributed by atoms with Crippen LogP contribution in [-0.2, 0) is 4.74 Å². The third kappa shape index (κ3) is 2.99. The Bertz CT molecular complexity index is 1250. The molecule has 0 spiro atoms. The van der Waals surface area contributed by atoms with Crippen LogP contribution in [0.2, 0.25) is 0 Å². The van der Waals surface area contributed by atoms with Crippen molar-refractivity contribution in [3.63, 3.8) is 0 Å². The standard InChI is InChI=1S/C24H18N2O4/c27-23(28)20-11-14(12-22-19(20)9-10-25-22)26-24(29)30-13-21-17-7-3-1-5-15(17)16-6-2-4-8-18(16)21/h1-12,21,25H,13H2,(H,26,29)(H,27,28). The fourth-order valence-electron chi connectivity index (χ4n) is 4.17. The van der Waals surface area contributed by atoms with Crippen LogP contribution in [0.1, 0.15) is 27.4 Å². The van der Waals surface area contributed by atoms with Gasteiger partial charge in [0.1, 0.15) is 6.61 Å². The lowest BCUT2D eigenvalue weighted by atomic mass is 9.98. The summed E-state index contributed by atoms with van der Waals surface area (Å²) in [6.45, 7) is 0.191. The van der Waals surface area contributed by atoms with Crippen LogP contribution in [-0.4, -0.2) is 28.8 Å². The topological polar surface area (TPSA) is 91.4 Å². The molecule has 6 heteroatoms. The quantitative estimate of drug-likeness (QED) is 0.439. The van der Waals surface area contributed by atoms with Gasteiger partial charge in [0.25, 0.3) is 0 Å². The van der Waals surface area contributed by atoms with Gasteiger partial charge in [-0.05, 0) is 40.5 Å². The molecule has 5 rings (SSSR count). The molecule has 1 aliphatic rings. The Balaban J connectivity index is 1.35. The van der Waals surface area contributed by atoms with Crippen LogP contribution in [0.5, 0.6) is 0 Å². The lowest BCUT2D eigenvalue weighted by molar-refractivity contribution is 0.0699. The summed E-state index contributed by atoms with van der Waals surface area (Å²) in [4.78, 5) is 27.0. The van der Waals surface area contributed by atoms with E-state index in [4.69, 9.17) is 4.74 Å². The summed E-state index contributed by atoms with van der Waals surface area (Å²) in [5.41, 5.74) is 5.68. The summed E-state index contributed by atoms with van der Waals surface area (Å²) in [6, 6.07) is 21.0. The Morgan fingerprint density at radius 3 is 2.30 bits per heavy atom. The number of ether oxygens (including phenoxy) is 1. The second kappa shape index (κ2) is 7.08. The molecule has 1 aliphatic carbocycles. The van der Waals surface area contributed by atoms with Crippen molar-refractivity contribution in [1.29, 1.82) is 0 Å². The molecular weight excluding hydrogens is 380 g/mol. The van der Waals surface area contributed by atoms with Gasteiger partial charge in [0.2, 0.25) is 0 Å². The van der Waals surface area contributed by atoms with E-state index in [1.54, 1.807) is 18.3 Å². The van der Waals surface area contributed by atoms with Crippen molar-refractivity contribution >= 4 is 28.7 Å². The first kappa shape index (κ1) is 18.0. The Labute approximate surface area is 172 Å². The number of H-pyrrole nitrogens is 1. The number of carbonyl (C=O) groups is 2. The molecule has 4 aromatic rings. The summed E-state index contributed by atoms with van der Waals surface area (Å²) < 4.78 is 5.53. The number of aromatic amines is 1. The zero-order chi connectivity index (χ0) is 20.7. The second-order valence-electron chi connectivity index (χ2n) is 7.22. The van der Waals surface area contributed by atoms with Crippen molar-refractivity contribution in [2.45, 2.75) is 5.92 Å². The third-order valence-corrected chi connectivity index (χ3v) is 5.49. The second-order valence-corrected chi connectivity index (χ2v) is 7.22. The molecule has 1 heterocycles. The van der Waals surface area contributed by atoms with Crippen molar-refractivity contribution < 1.29 is 19.4 Å². The van der Waals surface area contributed by atoms with Crippen LogP contribution in [0.4, 0.5) is 10.5 Å². The van der Waals surface area contributed by atoms with Gasteiger partial charge in [-0.25, -0.2) is 9.59 Å². The maximum absolute atomic E-state index is 12.5. The largest absolute Gasteiger partial charge is 0.478 e. The molecule has 6 nitrogen and oxygen atoms in total. The highest BCUT2D eigenvalue weighted by atomic mass is 16.5. The van der Waals surface area contributed by atoms with Crippen molar-refractivity contribution in [1.82, 2.24) is 4.98 Å². The van der Waals surface area contributed by atoms with Gasteiger partial charge in [-0.15, -0.1) is 0 Å². The molecule has 148 valence electrons. The first-order chi connectivity index (χ1) is 14.6. The van der Waals surface area contributed by atoms with Crippen molar-refractivity contribution in [2.75, 3.05) is 11.9 Å². The van der Waals surface area contributed by atoms with Crippen LogP contribution in [0.25, 0.3) is 22.0 Å². The van der Waals surface area contributed by atoms with Crippen LogP contribution >= 0.6 is 0 Å². The van der Waals surface area contributed by atoms with Gasteiger partial charge in [0.15, 0.2) is 0 Å². The Morgan fingerprint density at radius 2 is 1.63 bits per heavy atom. The maximum Gasteiger partial charge on any atom is 0.411 e. The number of aromatic carboxylic acids is 1. The predicted molar refractivity (Wildman–Crippen MR) is 114 cm³/mol. The van der Waals surface area contributed by atoms with Gasteiger partial charge in [-0.2, -0.15) is 0 Å². The number of benzene rings is 3. The summed E-state index contributed by atoms with van der Waals surface area (Å²) in [5, 5.41) is 12.7. The minimum Gasteiger partial charge on any atom is -0.478 e. The molecule has 1 amide bonds. The number of hydrogen-bond donors (Lipinski definition) is 3. The molecule has 0 bridgehead atoms. The monoisotopic (exact) mass is 398 g/mol. The van der Waals surface area contributed by atoms with E-state index in [0.717, 1.165) is 22.3 Å². The van der Waals surface area contributed by atoms with E-state index < -0.39 is 12.1 Å². The number of hydrogen-bond acceptors (Lipinski definition) is 3. The minimum absolute atomic E-state index is 0.0383. The van der Waals surface area contributed by atoms with E-state index in [9.17, 15) is 14.7 Å². The summed E-state index contributed by atoms with van der Waals surface area (Å²) in [5.74, 6) is -1.10. The van der Waals surface area contributed by atoms with E-state index >= 15 is 0 Å². The number of carbonyl (C=O) groups excluding carboxylic acids is 1. The van der Waals surface area contributed by atoms with E-state index in [0.29, 0.717) is 16.6 Å². The Kier molecular flexibility index (Phi) is 4.25. The van der Waals surface area contributed by atoms with Crippen LogP contribution < -0.4 is 5.32 Å². The van der Waals surface area contributed by atoms with Gasteiger partial charge < -0.3 is 14.8 Å². The number of aromatic nitrogens is 1. The summed E-state index contributed by atoms with van der Waals surface area (Å²) in [6.07, 6.45) is 1.04. The van der Waals surface area contributed by atoms with Gasteiger partial charge in [-0.3, -0.25) is 5.32 Å². The third-order valence-electron chi connectivity index (χ3n) is 5.49. The summed E-state index contributed by atoms with van der Waals surface area (Å²) in [7, 11) is 0. The highest BCUT2D eigenvalue weighted by molar-refractivity contribution is 6.05. The average Bonchev–Trinajstić information content (AvgIpc) is 3.34. The smallest absolute Gasteiger partial charge is 0.411 e. The van der Waals surface area contributed by atoms with Crippen LogP contribution in [0.3, 0.4) is 0 Å². The highest BCUT2D eigenvalue weighted by Gasteiger charge is 2.29. The average molecular weight is 398 g/mol. The van der Waals surface area contributed by atoms with E-state index in [-0.39, 0.29) is 18.1 Å². The molecule has 0 saturated carbocycles. The maximum atomic E-state index is 12.5. The minimum atomic E-state index is -1.06.